The minimum absolute atomic E-state index is 0.0873. The Hall–Kier alpha value is -1.67. The highest BCUT2D eigenvalue weighted by atomic mass is 35.7. The SMILES string of the molecule is CC(C)c1noc(COc2ccc(F)cc2S(=O)(=O)Cl)n1. The molecular formula is C12H12ClFN2O4S. The van der Waals surface area contributed by atoms with E-state index in [1.54, 1.807) is 0 Å². The van der Waals surface area contributed by atoms with Gasteiger partial charge in [-0.15, -0.1) is 0 Å². The van der Waals surface area contributed by atoms with Gasteiger partial charge in [-0.1, -0.05) is 19.0 Å². The van der Waals surface area contributed by atoms with Crippen molar-refractivity contribution in [3.05, 3.63) is 35.7 Å². The molecule has 9 heteroatoms. The Kier molecular flexibility index (Phi) is 4.48. The van der Waals surface area contributed by atoms with Crippen LogP contribution in [-0.4, -0.2) is 18.6 Å². The van der Waals surface area contributed by atoms with E-state index in [1.165, 1.54) is 6.07 Å². The topological polar surface area (TPSA) is 82.3 Å². The second-order valence-electron chi connectivity index (χ2n) is 4.52. The summed E-state index contributed by atoms with van der Waals surface area (Å²) in [6.07, 6.45) is 0. The van der Waals surface area contributed by atoms with E-state index in [9.17, 15) is 12.8 Å². The van der Waals surface area contributed by atoms with E-state index in [1.807, 2.05) is 13.8 Å². The van der Waals surface area contributed by atoms with Gasteiger partial charge in [-0.05, 0) is 18.2 Å². The zero-order chi connectivity index (χ0) is 15.6. The number of ether oxygens (including phenoxy) is 1. The number of rotatable bonds is 5. The van der Waals surface area contributed by atoms with Gasteiger partial charge in [-0.2, -0.15) is 4.98 Å². The highest BCUT2D eigenvalue weighted by Crippen LogP contribution is 2.28. The molecule has 0 N–H and O–H groups in total. The summed E-state index contributed by atoms with van der Waals surface area (Å²) in [4.78, 5) is 3.62. The van der Waals surface area contributed by atoms with Crippen LogP contribution in [0.15, 0.2) is 27.6 Å². The molecule has 2 aromatic rings. The lowest BCUT2D eigenvalue weighted by Crippen LogP contribution is -2.02. The summed E-state index contributed by atoms with van der Waals surface area (Å²) in [5.74, 6) is -0.0388. The molecule has 1 heterocycles. The third-order valence-corrected chi connectivity index (χ3v) is 3.86. The Morgan fingerprint density at radius 3 is 2.71 bits per heavy atom. The number of benzene rings is 1. The third kappa shape index (κ3) is 3.92. The van der Waals surface area contributed by atoms with Crippen molar-refractivity contribution in [2.24, 2.45) is 0 Å². The Balaban J connectivity index is 2.20. The summed E-state index contributed by atoms with van der Waals surface area (Å²) in [5.41, 5.74) is 0. The minimum Gasteiger partial charge on any atom is -0.482 e. The fourth-order valence-corrected chi connectivity index (χ4v) is 2.47. The Morgan fingerprint density at radius 2 is 2.14 bits per heavy atom. The standard InChI is InChI=1S/C12H12ClFN2O4S/c1-7(2)12-15-11(20-16-12)6-19-9-4-3-8(14)5-10(9)21(13,17)18/h3-5,7H,6H2,1-2H3. The molecule has 114 valence electrons. The Labute approximate surface area is 125 Å². The molecule has 0 aliphatic rings. The van der Waals surface area contributed by atoms with E-state index in [0.717, 1.165) is 12.1 Å². The molecule has 0 aliphatic heterocycles. The molecule has 0 saturated heterocycles. The van der Waals surface area contributed by atoms with E-state index in [4.69, 9.17) is 19.9 Å². The fraction of sp³-hybridized carbons (Fsp3) is 0.333. The van der Waals surface area contributed by atoms with Gasteiger partial charge in [-0.25, -0.2) is 12.8 Å². The summed E-state index contributed by atoms with van der Waals surface area (Å²) in [6, 6.07) is 3.02. The van der Waals surface area contributed by atoms with Crippen LogP contribution < -0.4 is 4.74 Å². The molecule has 1 aromatic carbocycles. The summed E-state index contributed by atoms with van der Waals surface area (Å²) in [6.45, 7) is 3.64. The second-order valence-corrected chi connectivity index (χ2v) is 7.05. The summed E-state index contributed by atoms with van der Waals surface area (Å²) >= 11 is 0. The average molecular weight is 335 g/mol. The summed E-state index contributed by atoms with van der Waals surface area (Å²) < 4.78 is 46.1. The van der Waals surface area contributed by atoms with Crippen LogP contribution in [0.5, 0.6) is 5.75 Å². The number of hydrogen-bond donors (Lipinski definition) is 0. The van der Waals surface area contributed by atoms with Gasteiger partial charge >= 0.3 is 0 Å². The summed E-state index contributed by atoms with van der Waals surface area (Å²) in [7, 11) is 1.11. The molecule has 6 nitrogen and oxygen atoms in total. The molecule has 0 fully saturated rings. The molecule has 0 radical (unpaired) electrons. The van der Waals surface area contributed by atoms with Crippen LogP contribution >= 0.6 is 10.7 Å². The lowest BCUT2D eigenvalue weighted by molar-refractivity contribution is 0.237. The maximum absolute atomic E-state index is 13.1. The molecule has 0 amide bonds. The van der Waals surface area contributed by atoms with Gasteiger partial charge in [0.15, 0.2) is 12.4 Å². The number of halogens is 2. The van der Waals surface area contributed by atoms with Gasteiger partial charge in [0.2, 0.25) is 0 Å². The lowest BCUT2D eigenvalue weighted by atomic mass is 10.2. The van der Waals surface area contributed by atoms with Gasteiger partial charge in [-0.3, -0.25) is 0 Å². The fourth-order valence-electron chi connectivity index (χ4n) is 1.49. The molecule has 0 spiro atoms. The highest BCUT2D eigenvalue weighted by molar-refractivity contribution is 8.13. The largest absolute Gasteiger partial charge is 0.482 e. The normalized spacial score (nSPS) is 11.9. The maximum atomic E-state index is 13.1. The Morgan fingerprint density at radius 1 is 1.43 bits per heavy atom. The van der Waals surface area contributed by atoms with Crippen LogP contribution in [0.3, 0.4) is 0 Å². The Bertz CT molecular complexity index is 745. The molecule has 0 saturated carbocycles. The molecule has 0 atom stereocenters. The predicted molar refractivity (Wildman–Crippen MR) is 72.2 cm³/mol. The van der Waals surface area contributed by atoms with Crippen molar-refractivity contribution in [1.29, 1.82) is 0 Å². The van der Waals surface area contributed by atoms with Crippen molar-refractivity contribution in [2.45, 2.75) is 31.3 Å². The van der Waals surface area contributed by atoms with Crippen molar-refractivity contribution in [3.63, 3.8) is 0 Å². The van der Waals surface area contributed by atoms with E-state index < -0.39 is 19.8 Å². The third-order valence-electron chi connectivity index (χ3n) is 2.52. The first kappa shape index (κ1) is 15.7. The molecule has 1 aromatic heterocycles. The minimum atomic E-state index is -4.13. The van der Waals surface area contributed by atoms with E-state index in [-0.39, 0.29) is 24.2 Å². The number of hydrogen-bond acceptors (Lipinski definition) is 6. The first-order chi connectivity index (χ1) is 9.77. The van der Waals surface area contributed by atoms with Crippen molar-refractivity contribution >= 4 is 19.7 Å². The van der Waals surface area contributed by atoms with Gasteiger partial charge < -0.3 is 9.26 Å². The quantitative estimate of drug-likeness (QED) is 0.782. The highest BCUT2D eigenvalue weighted by Gasteiger charge is 2.19. The molecular weight excluding hydrogens is 323 g/mol. The molecule has 0 unspecified atom stereocenters. The van der Waals surface area contributed by atoms with Crippen LogP contribution in [0.1, 0.15) is 31.5 Å². The first-order valence-corrected chi connectivity index (χ1v) is 8.28. The number of nitrogens with zero attached hydrogens (tertiary/aromatic N) is 2. The zero-order valence-electron chi connectivity index (χ0n) is 11.2. The molecule has 0 aliphatic carbocycles. The zero-order valence-corrected chi connectivity index (χ0v) is 12.8. The van der Waals surface area contributed by atoms with Gasteiger partial charge in [0, 0.05) is 16.6 Å². The van der Waals surface area contributed by atoms with Crippen molar-refractivity contribution in [2.75, 3.05) is 0 Å². The van der Waals surface area contributed by atoms with Gasteiger partial charge in [0.05, 0.1) is 0 Å². The van der Waals surface area contributed by atoms with Crippen molar-refractivity contribution in [1.82, 2.24) is 10.1 Å². The lowest BCUT2D eigenvalue weighted by Gasteiger charge is -2.07. The van der Waals surface area contributed by atoms with Crippen LogP contribution in [0.4, 0.5) is 4.39 Å². The van der Waals surface area contributed by atoms with E-state index in [0.29, 0.717) is 5.82 Å². The second kappa shape index (κ2) is 5.98. The molecule has 2 rings (SSSR count). The van der Waals surface area contributed by atoms with Crippen LogP contribution in [0.25, 0.3) is 0 Å². The summed E-state index contributed by atoms with van der Waals surface area (Å²) in [5, 5.41) is 3.74. The van der Waals surface area contributed by atoms with E-state index in [2.05, 4.69) is 10.1 Å². The molecule has 21 heavy (non-hydrogen) atoms. The van der Waals surface area contributed by atoms with E-state index >= 15 is 0 Å². The van der Waals surface area contributed by atoms with Crippen LogP contribution in [-0.2, 0) is 15.7 Å². The monoisotopic (exact) mass is 334 g/mol. The molecule has 0 bridgehead atoms. The number of aromatic nitrogens is 2. The van der Waals surface area contributed by atoms with Crippen LogP contribution in [0.2, 0.25) is 0 Å². The van der Waals surface area contributed by atoms with Crippen molar-refractivity contribution in [3.8, 4) is 5.75 Å². The van der Waals surface area contributed by atoms with Gasteiger partial charge in [0.25, 0.3) is 14.9 Å². The first-order valence-electron chi connectivity index (χ1n) is 5.97. The maximum Gasteiger partial charge on any atom is 0.265 e. The predicted octanol–water partition coefficient (Wildman–Crippen LogP) is 2.84. The smallest absolute Gasteiger partial charge is 0.265 e. The average Bonchev–Trinajstić information content (AvgIpc) is 2.85. The van der Waals surface area contributed by atoms with Gasteiger partial charge in [0.1, 0.15) is 16.5 Å². The van der Waals surface area contributed by atoms with Crippen LogP contribution in [0, 0.1) is 5.82 Å². The van der Waals surface area contributed by atoms with Crippen molar-refractivity contribution < 1.29 is 22.1 Å².